The van der Waals surface area contributed by atoms with Crippen molar-refractivity contribution in [2.24, 2.45) is 0 Å². The first-order valence-corrected chi connectivity index (χ1v) is 10.9. The highest BCUT2D eigenvalue weighted by Crippen LogP contribution is 2.24. The van der Waals surface area contributed by atoms with Crippen molar-refractivity contribution in [1.29, 1.82) is 0 Å². The predicted molar refractivity (Wildman–Crippen MR) is 101 cm³/mol. The monoisotopic (exact) mass is 444 g/mol. The van der Waals surface area contributed by atoms with Crippen molar-refractivity contribution < 1.29 is 26.7 Å². The van der Waals surface area contributed by atoms with Gasteiger partial charge >= 0.3 is 0 Å². The number of para-hydroxylation sites is 2. The lowest BCUT2D eigenvalue weighted by molar-refractivity contribution is -0.388. The summed E-state index contributed by atoms with van der Waals surface area (Å²) in [4.78, 5) is 19.2. The van der Waals surface area contributed by atoms with E-state index in [1.54, 1.807) is 0 Å². The minimum Gasteiger partial charge on any atom is -0.258 e. The van der Waals surface area contributed by atoms with Gasteiger partial charge in [-0.1, -0.05) is 24.3 Å². The van der Waals surface area contributed by atoms with Gasteiger partial charge in [-0.15, -0.1) is 0 Å². The molecule has 2 aromatic rings. The first kappa shape index (κ1) is 22.4. The molecule has 14 heteroatoms. The summed E-state index contributed by atoms with van der Waals surface area (Å²) in [6.45, 7) is 0.877. The second-order valence-electron chi connectivity index (χ2n) is 5.82. The molecule has 0 unspecified atom stereocenters. The summed E-state index contributed by atoms with van der Waals surface area (Å²) in [6, 6.07) is 8.35. The van der Waals surface area contributed by atoms with Crippen molar-refractivity contribution in [2.75, 3.05) is 6.54 Å². The van der Waals surface area contributed by atoms with Crippen molar-refractivity contribution in [3.05, 3.63) is 68.8 Å². The zero-order chi connectivity index (χ0) is 21.8. The lowest BCUT2D eigenvalue weighted by atomic mass is 10.3. The second kappa shape index (κ2) is 8.60. The Balaban J connectivity index is 2.17. The normalized spacial score (nSPS) is 13.0. The average Bonchev–Trinajstić information content (AvgIpc) is 2.66. The van der Waals surface area contributed by atoms with Crippen LogP contribution in [0.3, 0.4) is 0 Å². The maximum atomic E-state index is 12.4. The van der Waals surface area contributed by atoms with Crippen LogP contribution in [0.25, 0.3) is 0 Å². The van der Waals surface area contributed by atoms with Gasteiger partial charge in [0.1, 0.15) is 0 Å². The van der Waals surface area contributed by atoms with E-state index in [2.05, 4.69) is 9.44 Å². The fourth-order valence-electron chi connectivity index (χ4n) is 2.35. The molecule has 0 saturated carbocycles. The number of hydrogen-bond donors (Lipinski definition) is 2. The third-order valence-corrected chi connectivity index (χ3v) is 6.75. The number of nitrogens with zero attached hydrogens (tertiary/aromatic N) is 2. The van der Waals surface area contributed by atoms with Crippen LogP contribution >= 0.6 is 0 Å². The SMILES string of the molecule is C[C@@H](CNS(=O)(=O)c1ccccc1[N+](=O)[O-])NS(=O)(=O)c1ccccc1[N+](=O)[O-]. The Hall–Kier alpha value is -2.94. The van der Waals surface area contributed by atoms with Crippen LogP contribution in [0, 0.1) is 20.2 Å². The van der Waals surface area contributed by atoms with Crippen LogP contribution < -0.4 is 9.44 Å². The highest BCUT2D eigenvalue weighted by Gasteiger charge is 2.28. The van der Waals surface area contributed by atoms with Gasteiger partial charge in [-0.05, 0) is 19.1 Å². The van der Waals surface area contributed by atoms with E-state index < -0.39 is 63.6 Å². The molecule has 0 heterocycles. The number of benzene rings is 2. The van der Waals surface area contributed by atoms with Crippen LogP contribution in [0.15, 0.2) is 58.3 Å². The first-order valence-electron chi connectivity index (χ1n) is 7.94. The van der Waals surface area contributed by atoms with E-state index in [4.69, 9.17) is 0 Å². The Morgan fingerprint density at radius 1 is 0.828 bits per heavy atom. The van der Waals surface area contributed by atoms with Crippen molar-refractivity contribution >= 4 is 31.4 Å². The molecule has 0 spiro atoms. The molecule has 0 aromatic heterocycles. The number of hydrogen-bond acceptors (Lipinski definition) is 8. The number of nitro benzene ring substituents is 2. The highest BCUT2D eigenvalue weighted by atomic mass is 32.2. The van der Waals surface area contributed by atoms with Crippen LogP contribution in [0.4, 0.5) is 11.4 Å². The largest absolute Gasteiger partial charge is 0.289 e. The predicted octanol–water partition coefficient (Wildman–Crippen LogP) is 1.15. The number of sulfonamides is 2. The third kappa shape index (κ3) is 5.32. The molecule has 0 saturated heterocycles. The molecular formula is C15H16N4O8S2. The maximum absolute atomic E-state index is 12.4. The second-order valence-corrected chi connectivity index (χ2v) is 9.24. The summed E-state index contributed by atoms with van der Waals surface area (Å²) in [6.07, 6.45) is 0. The molecule has 2 aromatic carbocycles. The van der Waals surface area contributed by atoms with Gasteiger partial charge in [0.05, 0.1) is 9.85 Å². The fourth-order valence-corrected chi connectivity index (χ4v) is 5.07. The lowest BCUT2D eigenvalue weighted by Crippen LogP contribution is -2.41. The van der Waals surface area contributed by atoms with Gasteiger partial charge in [-0.2, -0.15) is 0 Å². The van der Waals surface area contributed by atoms with Crippen LogP contribution in [0.1, 0.15) is 6.92 Å². The summed E-state index contributed by atoms with van der Waals surface area (Å²) < 4.78 is 53.8. The van der Waals surface area contributed by atoms with Gasteiger partial charge in [0.15, 0.2) is 9.79 Å². The lowest BCUT2D eigenvalue weighted by Gasteiger charge is -2.15. The quantitative estimate of drug-likeness (QED) is 0.427. The van der Waals surface area contributed by atoms with Gasteiger partial charge in [0.2, 0.25) is 20.0 Å². The Morgan fingerprint density at radius 3 is 1.69 bits per heavy atom. The average molecular weight is 444 g/mol. The van der Waals surface area contributed by atoms with Gasteiger partial charge in [0.25, 0.3) is 11.4 Å². The summed E-state index contributed by atoms with van der Waals surface area (Å²) in [5.74, 6) is 0. The van der Waals surface area contributed by atoms with Gasteiger partial charge in [-0.25, -0.2) is 26.3 Å². The third-order valence-electron chi connectivity index (χ3n) is 3.64. The molecule has 1 atom stereocenters. The van der Waals surface area contributed by atoms with E-state index in [0.717, 1.165) is 24.3 Å². The van der Waals surface area contributed by atoms with E-state index >= 15 is 0 Å². The first-order chi connectivity index (χ1) is 13.5. The van der Waals surface area contributed by atoms with Gasteiger partial charge in [0, 0.05) is 24.7 Å². The van der Waals surface area contributed by atoms with Crippen molar-refractivity contribution in [3.63, 3.8) is 0 Å². The van der Waals surface area contributed by atoms with E-state index in [1.165, 1.54) is 31.2 Å². The fraction of sp³-hybridized carbons (Fsp3) is 0.200. The molecule has 29 heavy (non-hydrogen) atoms. The van der Waals surface area contributed by atoms with E-state index in [1.807, 2.05) is 0 Å². The van der Waals surface area contributed by atoms with E-state index in [-0.39, 0.29) is 0 Å². The molecule has 0 fully saturated rings. The minimum atomic E-state index is -4.32. The summed E-state index contributed by atoms with van der Waals surface area (Å²) in [5.41, 5.74) is -1.26. The van der Waals surface area contributed by atoms with Gasteiger partial charge < -0.3 is 0 Å². The van der Waals surface area contributed by atoms with Crippen molar-refractivity contribution in [1.82, 2.24) is 9.44 Å². The smallest absolute Gasteiger partial charge is 0.258 e. The van der Waals surface area contributed by atoms with Crippen molar-refractivity contribution in [3.8, 4) is 0 Å². The molecule has 2 rings (SSSR count). The minimum absolute atomic E-state index is 0.450. The van der Waals surface area contributed by atoms with Crippen LogP contribution in [0.2, 0.25) is 0 Å². The molecule has 0 aliphatic rings. The molecule has 0 bridgehead atoms. The molecule has 2 N–H and O–H groups in total. The molecule has 0 amide bonds. The maximum Gasteiger partial charge on any atom is 0.289 e. The number of nitro groups is 2. The summed E-state index contributed by atoms with van der Waals surface area (Å²) in [7, 11) is -8.63. The zero-order valence-electron chi connectivity index (χ0n) is 14.9. The molecule has 156 valence electrons. The van der Waals surface area contributed by atoms with Crippen LogP contribution in [-0.4, -0.2) is 39.3 Å². The number of rotatable bonds is 9. The number of nitrogens with one attached hydrogen (secondary N) is 2. The standard InChI is InChI=1S/C15H16N4O8S2/c1-11(17-29(26,27)15-9-5-3-7-13(15)19(22)23)10-16-28(24,25)14-8-4-2-6-12(14)18(20)21/h2-9,11,16-17H,10H2,1H3/t11-/m0/s1. The van der Waals surface area contributed by atoms with Crippen LogP contribution in [-0.2, 0) is 20.0 Å². The van der Waals surface area contributed by atoms with Crippen LogP contribution in [0.5, 0.6) is 0 Å². The Labute approximate surface area is 166 Å². The molecule has 0 aliphatic carbocycles. The van der Waals surface area contributed by atoms with Crippen molar-refractivity contribution in [2.45, 2.75) is 22.8 Å². The molecule has 12 nitrogen and oxygen atoms in total. The Kier molecular flexibility index (Phi) is 6.63. The zero-order valence-corrected chi connectivity index (χ0v) is 16.5. The summed E-state index contributed by atoms with van der Waals surface area (Å²) in [5, 5.41) is 22.0. The molecular weight excluding hydrogens is 428 g/mol. The summed E-state index contributed by atoms with van der Waals surface area (Å²) >= 11 is 0. The van der Waals surface area contributed by atoms with E-state index in [9.17, 15) is 37.1 Å². The Bertz CT molecular complexity index is 1150. The molecule has 0 aliphatic heterocycles. The van der Waals surface area contributed by atoms with Gasteiger partial charge in [-0.3, -0.25) is 20.2 Å². The highest BCUT2D eigenvalue weighted by molar-refractivity contribution is 7.90. The van der Waals surface area contributed by atoms with E-state index in [0.29, 0.717) is 0 Å². The topological polar surface area (TPSA) is 179 Å². The Morgan fingerprint density at radius 2 is 1.24 bits per heavy atom. The molecule has 0 radical (unpaired) electrons.